The van der Waals surface area contributed by atoms with Gasteiger partial charge in [-0.3, -0.25) is 0 Å². The molecule has 2 heterocycles. The average molecular weight is 245 g/mol. The number of nitrogens with zero attached hydrogens (tertiary/aromatic N) is 1. The minimum Gasteiger partial charge on any atom is -0.459 e. The summed E-state index contributed by atoms with van der Waals surface area (Å²) in [4.78, 5) is 2.48. The Hall–Kier alpha value is -1.68. The molecule has 1 saturated heterocycles. The first-order valence-electron chi connectivity index (χ1n) is 6.52. The molecule has 0 saturated carbocycles. The van der Waals surface area contributed by atoms with E-state index in [2.05, 4.69) is 11.0 Å². The van der Waals surface area contributed by atoms with Gasteiger partial charge < -0.3 is 20.8 Å². The molecule has 1 aliphatic heterocycles. The van der Waals surface area contributed by atoms with Crippen molar-refractivity contribution in [1.82, 2.24) is 4.90 Å². The zero-order chi connectivity index (χ0) is 12.5. The minimum absolute atomic E-state index is 0.623. The number of nitrogens with two attached hydrogens (primary N) is 2. The number of anilines is 2. The first-order chi connectivity index (χ1) is 8.72. The predicted molar refractivity (Wildman–Crippen MR) is 74.4 cm³/mol. The van der Waals surface area contributed by atoms with E-state index in [1.165, 1.54) is 25.9 Å². The Balaban J connectivity index is 1.78. The van der Waals surface area contributed by atoms with Crippen molar-refractivity contribution in [2.45, 2.75) is 19.3 Å². The van der Waals surface area contributed by atoms with Gasteiger partial charge in [0.15, 0.2) is 5.58 Å². The van der Waals surface area contributed by atoms with Crippen molar-refractivity contribution in [1.29, 1.82) is 0 Å². The second-order valence-electron chi connectivity index (χ2n) is 5.04. The van der Waals surface area contributed by atoms with Gasteiger partial charge in [-0.25, -0.2) is 0 Å². The molecule has 4 heteroatoms. The molecule has 2 aromatic rings. The van der Waals surface area contributed by atoms with Gasteiger partial charge in [0.1, 0.15) is 5.76 Å². The summed E-state index contributed by atoms with van der Waals surface area (Å²) in [6, 6.07) is 5.71. The Morgan fingerprint density at radius 2 is 1.89 bits per heavy atom. The molecule has 0 amide bonds. The minimum atomic E-state index is 0.623. The lowest BCUT2D eigenvalue weighted by molar-refractivity contribution is 0.333. The quantitative estimate of drug-likeness (QED) is 0.814. The average Bonchev–Trinajstić information content (AvgIpc) is 2.93. The number of likely N-dealkylation sites (tertiary alicyclic amines) is 1. The molecule has 1 aliphatic rings. The first kappa shape index (κ1) is 11.4. The van der Waals surface area contributed by atoms with Gasteiger partial charge >= 0.3 is 0 Å². The smallest absolute Gasteiger partial charge is 0.157 e. The van der Waals surface area contributed by atoms with Crippen LogP contribution >= 0.6 is 0 Å². The highest BCUT2D eigenvalue weighted by atomic mass is 16.3. The monoisotopic (exact) mass is 245 g/mol. The van der Waals surface area contributed by atoms with E-state index >= 15 is 0 Å². The van der Waals surface area contributed by atoms with E-state index in [0.29, 0.717) is 11.4 Å². The predicted octanol–water partition coefficient (Wildman–Crippen LogP) is 2.24. The Morgan fingerprint density at radius 1 is 1.11 bits per heavy atom. The van der Waals surface area contributed by atoms with E-state index in [0.717, 1.165) is 29.7 Å². The van der Waals surface area contributed by atoms with Crippen LogP contribution in [0.5, 0.6) is 0 Å². The molecule has 0 radical (unpaired) electrons. The highest BCUT2D eigenvalue weighted by Crippen LogP contribution is 2.28. The summed E-state index contributed by atoms with van der Waals surface area (Å²) in [5, 5.41) is 1.00. The maximum absolute atomic E-state index is 5.90. The number of furan rings is 1. The van der Waals surface area contributed by atoms with Gasteiger partial charge in [-0.2, -0.15) is 0 Å². The third kappa shape index (κ3) is 2.16. The van der Waals surface area contributed by atoms with Gasteiger partial charge in [-0.1, -0.05) is 0 Å². The van der Waals surface area contributed by atoms with E-state index in [1.807, 2.05) is 6.07 Å². The van der Waals surface area contributed by atoms with Crippen LogP contribution in [0, 0.1) is 0 Å². The standard InChI is InChI=1S/C14H19N3O/c15-11-7-10-8-12(18-14(10)13(16)9-11)3-6-17-4-1-2-5-17/h7-9H,1-6,15-16H2. The van der Waals surface area contributed by atoms with Gasteiger partial charge in [0, 0.05) is 24.0 Å². The van der Waals surface area contributed by atoms with Gasteiger partial charge in [0.2, 0.25) is 0 Å². The molecule has 1 fully saturated rings. The van der Waals surface area contributed by atoms with Crippen LogP contribution in [0.4, 0.5) is 11.4 Å². The van der Waals surface area contributed by atoms with Crippen LogP contribution in [0.2, 0.25) is 0 Å². The molecule has 0 bridgehead atoms. The summed E-state index contributed by atoms with van der Waals surface area (Å²) in [5.74, 6) is 0.995. The normalized spacial score (nSPS) is 16.7. The van der Waals surface area contributed by atoms with Gasteiger partial charge in [0.05, 0.1) is 5.69 Å². The summed E-state index contributed by atoms with van der Waals surface area (Å²) in [5.41, 5.74) is 13.8. The molecule has 4 N–H and O–H groups in total. The topological polar surface area (TPSA) is 68.4 Å². The maximum atomic E-state index is 5.90. The summed E-state index contributed by atoms with van der Waals surface area (Å²) in [6.45, 7) is 3.50. The molecule has 4 nitrogen and oxygen atoms in total. The molecule has 18 heavy (non-hydrogen) atoms. The van der Waals surface area contributed by atoms with Crippen molar-refractivity contribution < 1.29 is 4.42 Å². The van der Waals surface area contributed by atoms with E-state index in [4.69, 9.17) is 15.9 Å². The Kier molecular flexibility index (Phi) is 2.88. The summed E-state index contributed by atoms with van der Waals surface area (Å²) in [6.07, 6.45) is 3.58. The number of fused-ring (bicyclic) bond motifs is 1. The molecular weight excluding hydrogens is 226 g/mol. The van der Waals surface area contributed by atoms with E-state index in [-0.39, 0.29) is 0 Å². The molecule has 0 aliphatic carbocycles. The Morgan fingerprint density at radius 3 is 2.67 bits per heavy atom. The summed E-state index contributed by atoms with van der Waals surface area (Å²) >= 11 is 0. The maximum Gasteiger partial charge on any atom is 0.157 e. The molecule has 96 valence electrons. The Bertz CT molecular complexity index is 555. The number of benzene rings is 1. The second kappa shape index (κ2) is 4.53. The molecule has 3 rings (SSSR count). The van der Waals surface area contributed by atoms with Crippen molar-refractivity contribution in [3.8, 4) is 0 Å². The molecule has 0 unspecified atom stereocenters. The van der Waals surface area contributed by atoms with Crippen molar-refractivity contribution in [2.24, 2.45) is 0 Å². The molecule has 0 atom stereocenters. The lowest BCUT2D eigenvalue weighted by Gasteiger charge is -2.12. The molecule has 1 aromatic carbocycles. The van der Waals surface area contributed by atoms with Crippen LogP contribution in [0.15, 0.2) is 22.6 Å². The molecule has 0 spiro atoms. The van der Waals surface area contributed by atoms with Crippen LogP contribution in [-0.2, 0) is 6.42 Å². The number of nitrogen functional groups attached to an aromatic ring is 2. The van der Waals surface area contributed by atoms with Crippen molar-refractivity contribution >= 4 is 22.3 Å². The second-order valence-corrected chi connectivity index (χ2v) is 5.04. The van der Waals surface area contributed by atoms with E-state index < -0.39 is 0 Å². The summed E-state index contributed by atoms with van der Waals surface area (Å²) < 4.78 is 5.81. The van der Waals surface area contributed by atoms with Gasteiger partial charge in [-0.05, 0) is 44.1 Å². The highest BCUT2D eigenvalue weighted by Gasteiger charge is 2.13. The third-order valence-corrected chi connectivity index (χ3v) is 3.59. The largest absolute Gasteiger partial charge is 0.459 e. The van der Waals surface area contributed by atoms with Gasteiger partial charge in [-0.15, -0.1) is 0 Å². The number of hydrogen-bond donors (Lipinski definition) is 2. The van der Waals surface area contributed by atoms with Crippen LogP contribution in [0.25, 0.3) is 11.0 Å². The fourth-order valence-electron chi connectivity index (χ4n) is 2.66. The first-order valence-corrected chi connectivity index (χ1v) is 6.52. The fourth-order valence-corrected chi connectivity index (χ4v) is 2.66. The van der Waals surface area contributed by atoms with Crippen molar-refractivity contribution in [3.05, 3.63) is 24.0 Å². The van der Waals surface area contributed by atoms with E-state index in [9.17, 15) is 0 Å². The third-order valence-electron chi connectivity index (χ3n) is 3.59. The molecule has 1 aromatic heterocycles. The summed E-state index contributed by atoms with van der Waals surface area (Å²) in [7, 11) is 0. The lowest BCUT2D eigenvalue weighted by Crippen LogP contribution is -2.21. The van der Waals surface area contributed by atoms with Gasteiger partial charge in [0.25, 0.3) is 0 Å². The SMILES string of the molecule is Nc1cc(N)c2oc(CCN3CCCC3)cc2c1. The number of rotatable bonds is 3. The van der Waals surface area contributed by atoms with Crippen LogP contribution in [0.3, 0.4) is 0 Å². The fraction of sp³-hybridized carbons (Fsp3) is 0.429. The van der Waals surface area contributed by atoms with Crippen LogP contribution < -0.4 is 11.5 Å². The number of hydrogen-bond acceptors (Lipinski definition) is 4. The Labute approximate surface area is 107 Å². The zero-order valence-corrected chi connectivity index (χ0v) is 10.5. The van der Waals surface area contributed by atoms with Crippen LogP contribution in [-0.4, -0.2) is 24.5 Å². The van der Waals surface area contributed by atoms with E-state index in [1.54, 1.807) is 6.07 Å². The zero-order valence-electron chi connectivity index (χ0n) is 10.5. The highest BCUT2D eigenvalue weighted by molar-refractivity contribution is 5.91. The van der Waals surface area contributed by atoms with Crippen molar-refractivity contribution in [3.63, 3.8) is 0 Å². The van der Waals surface area contributed by atoms with Crippen LogP contribution in [0.1, 0.15) is 18.6 Å². The molecular formula is C14H19N3O. The lowest BCUT2D eigenvalue weighted by atomic mass is 10.2. The van der Waals surface area contributed by atoms with Crippen molar-refractivity contribution in [2.75, 3.05) is 31.1 Å².